The quantitative estimate of drug-likeness (QED) is 0.324. The number of carbonyl (C=O) groups is 2. The molecule has 2 N–H and O–H groups in total. The number of ether oxygens (including phenoxy) is 2. The topological polar surface area (TPSA) is 94.1 Å². The van der Waals surface area contributed by atoms with Crippen molar-refractivity contribution in [3.63, 3.8) is 0 Å². The number of unbranched alkanes of at least 4 members (excludes halogenated alkanes) is 1. The number of rotatable bonds is 12. The molecule has 22 heavy (non-hydrogen) atoms. The van der Waals surface area contributed by atoms with Crippen molar-refractivity contribution < 1.29 is 29.0 Å². The number of carboxylic acid groups (broad SMARTS) is 1. The summed E-state index contributed by atoms with van der Waals surface area (Å²) in [5.41, 5.74) is 2.22. The van der Waals surface area contributed by atoms with E-state index in [9.17, 15) is 14.7 Å². The summed E-state index contributed by atoms with van der Waals surface area (Å²) in [5.74, 6) is -2.49. The van der Waals surface area contributed by atoms with Crippen molar-refractivity contribution in [3.8, 4) is 0 Å². The van der Waals surface area contributed by atoms with E-state index in [1.165, 1.54) is 7.11 Å². The largest absolute Gasteiger partial charge is 0.481 e. The van der Waals surface area contributed by atoms with Gasteiger partial charge < -0.3 is 14.6 Å². The fraction of sp³-hybridized carbons (Fsp3) is 0.867. The van der Waals surface area contributed by atoms with E-state index in [0.717, 1.165) is 12.8 Å². The monoisotopic (exact) mass is 319 g/mol. The average Bonchev–Trinajstić information content (AvgIpc) is 2.44. The van der Waals surface area contributed by atoms with Crippen molar-refractivity contribution in [2.75, 3.05) is 13.7 Å². The van der Waals surface area contributed by atoms with Gasteiger partial charge in [-0.2, -0.15) is 0 Å². The van der Waals surface area contributed by atoms with E-state index in [1.807, 2.05) is 20.8 Å². The Morgan fingerprint density at radius 1 is 1.23 bits per heavy atom. The van der Waals surface area contributed by atoms with Crippen LogP contribution < -0.4 is 5.48 Å². The lowest BCUT2D eigenvalue weighted by Crippen LogP contribution is -2.45. The smallest absolute Gasteiger partial charge is 0.309 e. The molecule has 0 aliphatic carbocycles. The predicted molar refractivity (Wildman–Crippen MR) is 80.9 cm³/mol. The fourth-order valence-corrected chi connectivity index (χ4v) is 1.94. The first-order chi connectivity index (χ1) is 10.3. The Bertz CT molecular complexity index is 334. The van der Waals surface area contributed by atoms with Crippen LogP contribution in [0.4, 0.5) is 0 Å². The minimum Gasteiger partial charge on any atom is -0.481 e. The summed E-state index contributed by atoms with van der Waals surface area (Å²) in [6, 6.07) is 0. The van der Waals surface area contributed by atoms with Crippen molar-refractivity contribution in [3.05, 3.63) is 0 Å². The standard InChI is InChI=1S/C15H29NO6/c1-6-7-8-21-11(4)22-16-14(17)13(20-5)12(15(18)19)9-10(2)3/h10-13H,6-9H2,1-5H3,(H,16,17)(H,18,19)/t11?,12-,13+/m1/s1. The van der Waals surface area contributed by atoms with E-state index >= 15 is 0 Å². The molecular formula is C15H29NO6. The molecule has 0 radical (unpaired) electrons. The van der Waals surface area contributed by atoms with Crippen LogP contribution in [-0.2, 0) is 23.9 Å². The van der Waals surface area contributed by atoms with E-state index in [1.54, 1.807) is 6.92 Å². The molecule has 0 aromatic carbocycles. The van der Waals surface area contributed by atoms with Crippen LogP contribution in [0.1, 0.15) is 47.0 Å². The first-order valence-electron chi connectivity index (χ1n) is 7.66. The minimum atomic E-state index is -1.11. The van der Waals surface area contributed by atoms with E-state index in [0.29, 0.717) is 13.0 Å². The fourth-order valence-electron chi connectivity index (χ4n) is 1.94. The van der Waals surface area contributed by atoms with Crippen LogP contribution in [0.3, 0.4) is 0 Å². The number of aliphatic carboxylic acids is 1. The third kappa shape index (κ3) is 8.31. The van der Waals surface area contributed by atoms with Crippen molar-refractivity contribution in [2.24, 2.45) is 11.8 Å². The maximum absolute atomic E-state index is 12.1. The molecule has 0 aliphatic rings. The molecule has 1 unspecified atom stereocenters. The zero-order valence-corrected chi connectivity index (χ0v) is 14.1. The van der Waals surface area contributed by atoms with Crippen LogP contribution in [0.2, 0.25) is 0 Å². The summed E-state index contributed by atoms with van der Waals surface area (Å²) in [6.07, 6.45) is 0.520. The lowest BCUT2D eigenvalue weighted by molar-refractivity contribution is -0.189. The molecule has 0 aliphatic heterocycles. The summed E-state index contributed by atoms with van der Waals surface area (Å²) in [4.78, 5) is 28.5. The molecule has 0 spiro atoms. The highest BCUT2D eigenvalue weighted by Crippen LogP contribution is 2.18. The highest BCUT2D eigenvalue weighted by atomic mass is 16.8. The molecule has 0 saturated carbocycles. The lowest BCUT2D eigenvalue weighted by Gasteiger charge is -2.24. The SMILES string of the molecule is CCCCOC(C)ONC(=O)[C@@H](OC)[C@@H](CC(C)C)C(=O)O. The highest BCUT2D eigenvalue weighted by Gasteiger charge is 2.34. The number of carbonyl (C=O) groups excluding carboxylic acids is 1. The van der Waals surface area contributed by atoms with E-state index < -0.39 is 30.2 Å². The Morgan fingerprint density at radius 2 is 1.86 bits per heavy atom. The summed E-state index contributed by atoms with van der Waals surface area (Å²) in [5, 5.41) is 9.27. The molecule has 130 valence electrons. The van der Waals surface area contributed by atoms with Crippen LogP contribution in [0, 0.1) is 11.8 Å². The number of hydroxylamine groups is 1. The van der Waals surface area contributed by atoms with Gasteiger partial charge in [-0.3, -0.25) is 9.59 Å². The van der Waals surface area contributed by atoms with Crippen LogP contribution in [0.15, 0.2) is 0 Å². The van der Waals surface area contributed by atoms with Gasteiger partial charge in [-0.15, -0.1) is 0 Å². The number of carboxylic acids is 1. The second-order valence-electron chi connectivity index (χ2n) is 5.61. The van der Waals surface area contributed by atoms with Crippen LogP contribution in [0.5, 0.6) is 0 Å². The van der Waals surface area contributed by atoms with E-state index in [2.05, 4.69) is 5.48 Å². The van der Waals surface area contributed by atoms with Crippen molar-refractivity contribution in [1.29, 1.82) is 0 Å². The number of hydrogen-bond acceptors (Lipinski definition) is 5. The zero-order chi connectivity index (χ0) is 17.1. The van der Waals surface area contributed by atoms with Gasteiger partial charge in [0.15, 0.2) is 12.4 Å². The lowest BCUT2D eigenvalue weighted by atomic mass is 9.91. The summed E-state index contributed by atoms with van der Waals surface area (Å²) in [6.45, 7) is 8.01. The normalized spacial score (nSPS) is 15.4. The Hall–Kier alpha value is -1.18. The molecule has 0 bridgehead atoms. The third-order valence-corrected chi connectivity index (χ3v) is 3.10. The number of methoxy groups -OCH3 is 1. The molecule has 1 amide bonds. The van der Waals surface area contributed by atoms with Gasteiger partial charge in [0.25, 0.3) is 5.91 Å². The molecule has 7 nitrogen and oxygen atoms in total. The van der Waals surface area contributed by atoms with E-state index in [-0.39, 0.29) is 5.92 Å². The highest BCUT2D eigenvalue weighted by molar-refractivity contribution is 5.86. The molecule has 3 atom stereocenters. The molecule has 0 aromatic heterocycles. The van der Waals surface area contributed by atoms with Crippen LogP contribution in [0.25, 0.3) is 0 Å². The predicted octanol–water partition coefficient (Wildman–Crippen LogP) is 1.96. The molecular weight excluding hydrogens is 290 g/mol. The molecule has 0 fully saturated rings. The second-order valence-corrected chi connectivity index (χ2v) is 5.61. The Labute approximate surface area is 132 Å². The maximum atomic E-state index is 12.1. The van der Waals surface area contributed by atoms with Crippen molar-refractivity contribution in [1.82, 2.24) is 5.48 Å². The van der Waals surface area contributed by atoms with Crippen LogP contribution in [-0.4, -0.2) is 43.1 Å². The first kappa shape index (κ1) is 20.8. The second kappa shape index (κ2) is 11.4. The molecule has 0 saturated heterocycles. The Balaban J connectivity index is 4.46. The van der Waals surface area contributed by atoms with Gasteiger partial charge >= 0.3 is 5.97 Å². The first-order valence-corrected chi connectivity index (χ1v) is 7.66. The van der Waals surface area contributed by atoms with Gasteiger partial charge in [0.1, 0.15) is 0 Å². The Kier molecular flexibility index (Phi) is 10.8. The zero-order valence-electron chi connectivity index (χ0n) is 14.1. The van der Waals surface area contributed by atoms with Gasteiger partial charge in [-0.1, -0.05) is 27.2 Å². The van der Waals surface area contributed by atoms with Gasteiger partial charge in [0.2, 0.25) is 0 Å². The van der Waals surface area contributed by atoms with Gasteiger partial charge in [0, 0.05) is 13.7 Å². The number of hydrogen-bond donors (Lipinski definition) is 2. The van der Waals surface area contributed by atoms with Gasteiger partial charge in [0.05, 0.1) is 5.92 Å². The molecule has 0 aromatic rings. The van der Waals surface area contributed by atoms with E-state index in [4.69, 9.17) is 14.3 Å². The van der Waals surface area contributed by atoms with Gasteiger partial charge in [-0.25, -0.2) is 10.3 Å². The van der Waals surface area contributed by atoms with Gasteiger partial charge in [-0.05, 0) is 25.7 Å². The molecule has 0 heterocycles. The average molecular weight is 319 g/mol. The number of amides is 1. The van der Waals surface area contributed by atoms with Crippen LogP contribution >= 0.6 is 0 Å². The molecule has 0 rings (SSSR count). The van der Waals surface area contributed by atoms with Crippen molar-refractivity contribution in [2.45, 2.75) is 59.4 Å². The summed E-state index contributed by atoms with van der Waals surface area (Å²) < 4.78 is 10.4. The number of nitrogens with one attached hydrogen (secondary N) is 1. The maximum Gasteiger partial charge on any atom is 0.309 e. The minimum absolute atomic E-state index is 0.128. The summed E-state index contributed by atoms with van der Waals surface area (Å²) in [7, 11) is 1.31. The van der Waals surface area contributed by atoms with Crippen molar-refractivity contribution >= 4 is 11.9 Å². The third-order valence-electron chi connectivity index (χ3n) is 3.10. The molecule has 7 heteroatoms. The summed E-state index contributed by atoms with van der Waals surface area (Å²) >= 11 is 0. The Morgan fingerprint density at radius 3 is 2.32 bits per heavy atom.